The summed E-state index contributed by atoms with van der Waals surface area (Å²) in [6.45, 7) is 1.97. The van der Waals surface area contributed by atoms with Crippen molar-refractivity contribution in [2.75, 3.05) is 0 Å². The topological polar surface area (TPSA) is 69.4 Å². The van der Waals surface area contributed by atoms with Crippen molar-refractivity contribution in [3.8, 4) is 0 Å². The van der Waals surface area contributed by atoms with Gasteiger partial charge in [0, 0.05) is 0 Å². The van der Waals surface area contributed by atoms with Crippen LogP contribution in [0.1, 0.15) is 22.8 Å². The fraction of sp³-hybridized carbons (Fsp3) is 0.200. The highest BCUT2D eigenvalue weighted by Gasteiger charge is 2.09. The first-order valence-electron chi connectivity index (χ1n) is 4.24. The van der Waals surface area contributed by atoms with Gasteiger partial charge in [0.1, 0.15) is 0 Å². The first-order valence-corrected chi connectivity index (χ1v) is 4.24. The Balaban J connectivity index is 0.00000196. The summed E-state index contributed by atoms with van der Waals surface area (Å²) >= 11 is 0. The lowest BCUT2D eigenvalue weighted by atomic mass is 10.1. The quantitative estimate of drug-likeness (QED) is 0.622. The maximum atomic E-state index is 11.2. The minimum absolute atomic E-state index is 0. The molecule has 0 fully saturated rings. The third kappa shape index (κ3) is 3.99. The van der Waals surface area contributed by atoms with Crippen LogP contribution in [-0.4, -0.2) is 12.1 Å². The van der Waals surface area contributed by atoms with E-state index >= 15 is 0 Å². The first-order chi connectivity index (χ1) is 6.63. The van der Waals surface area contributed by atoms with Crippen molar-refractivity contribution in [1.82, 2.24) is 0 Å². The number of aryl methyl sites for hydroxylation is 1. The number of hydrogen-bond donors (Lipinski definition) is 1. The van der Waals surface area contributed by atoms with Gasteiger partial charge < -0.3 is 10.5 Å². The molecule has 0 bridgehead atoms. The second-order valence-corrected chi connectivity index (χ2v) is 2.76. The van der Waals surface area contributed by atoms with Gasteiger partial charge in [0.05, 0.1) is 5.56 Å². The van der Waals surface area contributed by atoms with Crippen molar-refractivity contribution in [2.24, 2.45) is 5.73 Å². The lowest BCUT2D eigenvalue weighted by Gasteiger charge is -2.01. The average Bonchev–Trinajstić information content (AvgIpc) is 2.17. The number of hydrogen-bond acceptors (Lipinski definition) is 3. The number of benzene rings is 1. The summed E-state index contributed by atoms with van der Waals surface area (Å²) in [7, 11) is 0. The summed E-state index contributed by atoms with van der Waals surface area (Å²) in [4.78, 5) is 21.5. The van der Waals surface area contributed by atoms with Gasteiger partial charge in [-0.25, -0.2) is 9.59 Å². The van der Waals surface area contributed by atoms with E-state index in [-0.39, 0.29) is 12.4 Å². The second kappa shape index (κ2) is 6.03. The fourth-order valence-corrected chi connectivity index (χ4v) is 1.07. The molecule has 0 aliphatic heterocycles. The van der Waals surface area contributed by atoms with Crippen LogP contribution in [0.2, 0.25) is 0 Å². The van der Waals surface area contributed by atoms with Crippen molar-refractivity contribution in [2.45, 2.75) is 13.3 Å². The molecule has 0 aliphatic carbocycles. The predicted octanol–water partition coefficient (Wildman–Crippen LogP) is 1.91. The zero-order valence-electron chi connectivity index (χ0n) is 8.23. The second-order valence-electron chi connectivity index (χ2n) is 2.76. The Hall–Kier alpha value is -1.55. The number of rotatable bonds is 2. The Morgan fingerprint density at radius 1 is 1.40 bits per heavy atom. The molecule has 0 radical (unpaired) electrons. The number of primary amides is 1. The van der Waals surface area contributed by atoms with E-state index < -0.39 is 12.1 Å². The average molecular weight is 230 g/mol. The maximum Gasteiger partial charge on any atom is 0.412 e. The highest BCUT2D eigenvalue weighted by Crippen LogP contribution is 2.07. The molecule has 1 aromatic carbocycles. The van der Waals surface area contributed by atoms with Crippen LogP contribution in [-0.2, 0) is 11.2 Å². The van der Waals surface area contributed by atoms with E-state index in [1.165, 1.54) is 0 Å². The van der Waals surface area contributed by atoms with Gasteiger partial charge in [0.25, 0.3) is 0 Å². The molecule has 1 aromatic rings. The summed E-state index contributed by atoms with van der Waals surface area (Å²) in [6, 6.07) is 6.87. The minimum Gasteiger partial charge on any atom is -0.373 e. The Kier molecular flexibility index (Phi) is 5.41. The normalized spacial score (nSPS) is 8.87. The van der Waals surface area contributed by atoms with Gasteiger partial charge in [-0.2, -0.15) is 0 Å². The predicted molar refractivity (Wildman–Crippen MR) is 58.1 cm³/mol. The third-order valence-corrected chi connectivity index (χ3v) is 1.76. The first kappa shape index (κ1) is 13.4. The summed E-state index contributed by atoms with van der Waals surface area (Å²) in [6.07, 6.45) is -0.269. The summed E-state index contributed by atoms with van der Waals surface area (Å²) in [5.74, 6) is -0.715. The summed E-state index contributed by atoms with van der Waals surface area (Å²) in [5, 5.41) is 0. The number of carbonyl (C=O) groups is 2. The zero-order chi connectivity index (χ0) is 10.6. The summed E-state index contributed by atoms with van der Waals surface area (Å²) in [5.41, 5.74) is 6.06. The van der Waals surface area contributed by atoms with Crippen LogP contribution in [0.15, 0.2) is 24.3 Å². The zero-order valence-corrected chi connectivity index (χ0v) is 9.04. The highest BCUT2D eigenvalue weighted by molar-refractivity contribution is 5.96. The monoisotopic (exact) mass is 229 g/mol. The van der Waals surface area contributed by atoms with E-state index in [9.17, 15) is 9.59 Å². The van der Waals surface area contributed by atoms with Gasteiger partial charge in [-0.3, -0.25) is 0 Å². The molecule has 1 rings (SSSR count). The molecule has 2 N–H and O–H groups in total. The molecule has 0 aliphatic rings. The molecule has 4 nitrogen and oxygen atoms in total. The fourth-order valence-electron chi connectivity index (χ4n) is 1.07. The molecule has 15 heavy (non-hydrogen) atoms. The van der Waals surface area contributed by atoms with Crippen LogP contribution in [0.5, 0.6) is 0 Å². The third-order valence-electron chi connectivity index (χ3n) is 1.76. The van der Waals surface area contributed by atoms with Crippen LogP contribution < -0.4 is 5.73 Å². The van der Waals surface area contributed by atoms with Gasteiger partial charge in [0.15, 0.2) is 0 Å². The summed E-state index contributed by atoms with van der Waals surface area (Å²) < 4.78 is 4.24. The smallest absolute Gasteiger partial charge is 0.373 e. The van der Waals surface area contributed by atoms with Crippen molar-refractivity contribution >= 4 is 24.5 Å². The van der Waals surface area contributed by atoms with Crippen LogP contribution in [0.25, 0.3) is 0 Å². The molecule has 0 unspecified atom stereocenters. The maximum absolute atomic E-state index is 11.2. The van der Waals surface area contributed by atoms with Gasteiger partial charge >= 0.3 is 12.1 Å². The molecule has 5 heteroatoms. The standard InChI is InChI=1S/C10H11NO3.ClH/c1-2-7-4-3-5-8(6-7)9(12)14-10(11)13;/h3-6H,2H2,1H3,(H2,11,13);1H. The molecule has 0 aromatic heterocycles. The largest absolute Gasteiger partial charge is 0.412 e. The number of carbonyl (C=O) groups excluding carboxylic acids is 2. The molecular weight excluding hydrogens is 218 g/mol. The molecule has 0 spiro atoms. The number of halogens is 1. The lowest BCUT2D eigenvalue weighted by Crippen LogP contribution is -2.18. The van der Waals surface area contributed by atoms with E-state index in [4.69, 9.17) is 5.73 Å². The number of esters is 1. The Bertz CT molecular complexity index is 365. The molecule has 82 valence electrons. The van der Waals surface area contributed by atoms with Gasteiger partial charge in [-0.1, -0.05) is 19.1 Å². The molecule has 0 heterocycles. The molecule has 0 saturated heterocycles. The minimum atomic E-state index is -1.09. The van der Waals surface area contributed by atoms with Crippen molar-refractivity contribution < 1.29 is 14.3 Å². The number of nitrogens with two attached hydrogens (primary N) is 1. The van der Waals surface area contributed by atoms with E-state index in [0.29, 0.717) is 5.56 Å². The van der Waals surface area contributed by atoms with Crippen molar-refractivity contribution in [3.63, 3.8) is 0 Å². The number of amides is 1. The van der Waals surface area contributed by atoms with Crippen molar-refractivity contribution in [1.29, 1.82) is 0 Å². The van der Waals surface area contributed by atoms with Crippen LogP contribution in [0.4, 0.5) is 4.79 Å². The number of ether oxygens (including phenoxy) is 1. The van der Waals surface area contributed by atoms with E-state index in [1.807, 2.05) is 13.0 Å². The Morgan fingerprint density at radius 3 is 2.60 bits per heavy atom. The van der Waals surface area contributed by atoms with E-state index in [0.717, 1.165) is 12.0 Å². The molecule has 0 saturated carbocycles. The molecule has 0 atom stereocenters. The lowest BCUT2D eigenvalue weighted by molar-refractivity contribution is 0.0638. The van der Waals surface area contributed by atoms with Crippen LogP contribution >= 0.6 is 12.4 Å². The molecular formula is C10H12ClNO3. The highest BCUT2D eigenvalue weighted by atomic mass is 35.5. The Labute approximate surface area is 93.8 Å². The van der Waals surface area contributed by atoms with E-state index in [2.05, 4.69) is 4.74 Å². The van der Waals surface area contributed by atoms with Crippen LogP contribution in [0.3, 0.4) is 0 Å². The van der Waals surface area contributed by atoms with Gasteiger partial charge in [0.2, 0.25) is 0 Å². The van der Waals surface area contributed by atoms with Gasteiger partial charge in [-0.05, 0) is 24.1 Å². The van der Waals surface area contributed by atoms with Gasteiger partial charge in [-0.15, -0.1) is 12.4 Å². The van der Waals surface area contributed by atoms with Crippen molar-refractivity contribution in [3.05, 3.63) is 35.4 Å². The van der Waals surface area contributed by atoms with E-state index in [1.54, 1.807) is 18.2 Å². The SMILES string of the molecule is CCc1cccc(C(=O)OC(N)=O)c1.Cl. The van der Waals surface area contributed by atoms with Crippen LogP contribution in [0, 0.1) is 0 Å². The Morgan fingerprint density at radius 2 is 2.07 bits per heavy atom. The molecule has 1 amide bonds.